The van der Waals surface area contributed by atoms with E-state index in [1.165, 1.54) is 20.4 Å². The van der Waals surface area contributed by atoms with Crippen molar-refractivity contribution in [2.75, 3.05) is 14.2 Å². The Morgan fingerprint density at radius 2 is 2.06 bits per heavy atom. The zero-order valence-electron chi connectivity index (χ0n) is 8.93. The molecule has 2 rings (SSSR count). The third kappa shape index (κ3) is 1.79. The lowest BCUT2D eigenvalue weighted by molar-refractivity contribution is 0.0600. The van der Waals surface area contributed by atoms with Crippen LogP contribution in [0, 0.1) is 0 Å². The van der Waals surface area contributed by atoms with Gasteiger partial charge in [-0.1, -0.05) is 0 Å². The molecule has 5 nitrogen and oxygen atoms in total. The number of nitrogens with zero attached hydrogens (tertiary/aromatic N) is 2. The average molecular weight is 218 g/mol. The van der Waals surface area contributed by atoms with Gasteiger partial charge in [-0.15, -0.1) is 0 Å². The van der Waals surface area contributed by atoms with E-state index >= 15 is 0 Å². The lowest BCUT2D eigenvalue weighted by atomic mass is 10.2. The fraction of sp³-hybridized carbons (Fsp3) is 0.182. The van der Waals surface area contributed by atoms with E-state index in [-0.39, 0.29) is 0 Å². The monoisotopic (exact) mass is 218 g/mol. The highest BCUT2D eigenvalue weighted by Crippen LogP contribution is 2.15. The Labute approximate surface area is 92.0 Å². The van der Waals surface area contributed by atoms with Gasteiger partial charge in [0.2, 0.25) is 5.88 Å². The number of aromatic nitrogens is 2. The summed E-state index contributed by atoms with van der Waals surface area (Å²) in [7, 11) is 2.86. The quantitative estimate of drug-likeness (QED) is 0.713. The highest BCUT2D eigenvalue weighted by molar-refractivity contribution is 5.92. The lowest BCUT2D eigenvalue weighted by Gasteiger charge is -2.02. The van der Waals surface area contributed by atoms with E-state index in [4.69, 9.17) is 4.74 Å². The van der Waals surface area contributed by atoms with Crippen molar-refractivity contribution in [3.8, 4) is 5.88 Å². The van der Waals surface area contributed by atoms with Gasteiger partial charge in [-0.05, 0) is 12.1 Å². The van der Waals surface area contributed by atoms with E-state index in [1.54, 1.807) is 18.2 Å². The Hall–Kier alpha value is -2.17. The predicted octanol–water partition coefficient (Wildman–Crippen LogP) is 1.43. The summed E-state index contributed by atoms with van der Waals surface area (Å²) in [6, 6.07) is 5.12. The van der Waals surface area contributed by atoms with Crippen molar-refractivity contribution in [2.24, 2.45) is 0 Å². The van der Waals surface area contributed by atoms with Gasteiger partial charge in [-0.3, -0.25) is 4.98 Å². The summed E-state index contributed by atoms with van der Waals surface area (Å²) in [6.45, 7) is 0. The van der Waals surface area contributed by atoms with Crippen molar-refractivity contribution in [1.29, 1.82) is 0 Å². The zero-order chi connectivity index (χ0) is 11.5. The fourth-order valence-corrected chi connectivity index (χ4v) is 1.33. The number of rotatable bonds is 2. The van der Waals surface area contributed by atoms with Crippen LogP contribution in [0.15, 0.2) is 24.4 Å². The molecule has 0 aliphatic heterocycles. The number of hydrogen-bond donors (Lipinski definition) is 0. The number of carbonyl (C=O) groups is 1. The molecule has 0 aliphatic rings. The Kier molecular flexibility index (Phi) is 2.68. The molecular weight excluding hydrogens is 208 g/mol. The first-order chi connectivity index (χ1) is 7.74. The molecule has 0 bridgehead atoms. The van der Waals surface area contributed by atoms with Crippen molar-refractivity contribution in [3.05, 3.63) is 30.0 Å². The molecule has 2 heterocycles. The van der Waals surface area contributed by atoms with Crippen LogP contribution >= 0.6 is 0 Å². The van der Waals surface area contributed by atoms with Crippen LogP contribution in [0.4, 0.5) is 0 Å². The number of ether oxygens (including phenoxy) is 2. The molecule has 0 unspecified atom stereocenters. The van der Waals surface area contributed by atoms with E-state index in [9.17, 15) is 4.79 Å². The first-order valence-corrected chi connectivity index (χ1v) is 4.63. The van der Waals surface area contributed by atoms with Crippen molar-refractivity contribution >= 4 is 17.0 Å². The lowest BCUT2D eigenvalue weighted by Crippen LogP contribution is -2.02. The molecule has 0 spiro atoms. The molecule has 16 heavy (non-hydrogen) atoms. The van der Waals surface area contributed by atoms with Crippen LogP contribution in [-0.2, 0) is 4.74 Å². The Bertz CT molecular complexity index is 540. The Morgan fingerprint density at radius 1 is 1.25 bits per heavy atom. The van der Waals surface area contributed by atoms with Crippen LogP contribution in [0.5, 0.6) is 5.88 Å². The van der Waals surface area contributed by atoms with Gasteiger partial charge >= 0.3 is 5.97 Å². The summed E-state index contributed by atoms with van der Waals surface area (Å²) in [4.78, 5) is 19.6. The third-order valence-electron chi connectivity index (χ3n) is 2.14. The van der Waals surface area contributed by atoms with E-state index in [2.05, 4.69) is 14.7 Å². The largest absolute Gasteiger partial charge is 0.481 e. The third-order valence-corrected chi connectivity index (χ3v) is 2.14. The summed E-state index contributed by atoms with van der Waals surface area (Å²) >= 11 is 0. The predicted molar refractivity (Wildman–Crippen MR) is 57.4 cm³/mol. The summed E-state index contributed by atoms with van der Waals surface area (Å²) in [6.07, 6.45) is 1.46. The van der Waals surface area contributed by atoms with Gasteiger partial charge in [0, 0.05) is 12.3 Å². The number of carbonyl (C=O) groups excluding carboxylic acids is 1. The first kappa shape index (κ1) is 10.4. The molecule has 5 heteroatoms. The van der Waals surface area contributed by atoms with Crippen molar-refractivity contribution in [2.45, 2.75) is 0 Å². The van der Waals surface area contributed by atoms with Gasteiger partial charge < -0.3 is 9.47 Å². The summed E-state index contributed by atoms with van der Waals surface area (Å²) in [5.41, 5.74) is 1.67. The van der Waals surface area contributed by atoms with E-state index < -0.39 is 5.97 Å². The smallest absolute Gasteiger partial charge is 0.339 e. The molecule has 0 atom stereocenters. The van der Waals surface area contributed by atoms with Crippen LogP contribution < -0.4 is 4.74 Å². The molecule has 0 saturated carbocycles. The second-order valence-electron chi connectivity index (χ2n) is 3.11. The second kappa shape index (κ2) is 4.14. The standard InChI is InChI=1S/C11H10N2O3/c1-15-10-4-3-8-9(13-10)5-7(6-12-8)11(14)16-2/h3-6H,1-2H3. The minimum Gasteiger partial charge on any atom is -0.481 e. The average Bonchev–Trinajstić information content (AvgIpc) is 2.36. The van der Waals surface area contributed by atoms with Crippen molar-refractivity contribution < 1.29 is 14.3 Å². The highest BCUT2D eigenvalue weighted by atomic mass is 16.5. The topological polar surface area (TPSA) is 61.3 Å². The maximum absolute atomic E-state index is 11.3. The van der Waals surface area contributed by atoms with E-state index in [0.717, 1.165) is 0 Å². The van der Waals surface area contributed by atoms with Gasteiger partial charge in [-0.25, -0.2) is 9.78 Å². The van der Waals surface area contributed by atoms with E-state index in [0.29, 0.717) is 22.5 Å². The van der Waals surface area contributed by atoms with Crippen LogP contribution in [-0.4, -0.2) is 30.2 Å². The molecule has 82 valence electrons. The minimum absolute atomic E-state index is 0.371. The molecular formula is C11H10N2O3. The van der Waals surface area contributed by atoms with Crippen LogP contribution in [0.3, 0.4) is 0 Å². The molecule has 2 aromatic heterocycles. The van der Waals surface area contributed by atoms with E-state index in [1.807, 2.05) is 0 Å². The molecule has 0 radical (unpaired) electrons. The van der Waals surface area contributed by atoms with Crippen molar-refractivity contribution in [1.82, 2.24) is 9.97 Å². The highest BCUT2D eigenvalue weighted by Gasteiger charge is 2.08. The van der Waals surface area contributed by atoms with Crippen LogP contribution in [0.2, 0.25) is 0 Å². The maximum atomic E-state index is 11.3. The van der Waals surface area contributed by atoms with Gasteiger partial charge in [0.1, 0.15) is 0 Å². The molecule has 0 saturated heterocycles. The summed E-state index contributed by atoms with van der Waals surface area (Å²) < 4.78 is 9.60. The molecule has 0 aliphatic carbocycles. The number of pyridine rings is 2. The van der Waals surface area contributed by atoms with Gasteiger partial charge in [0.15, 0.2) is 0 Å². The summed E-state index contributed by atoms with van der Waals surface area (Å²) in [5.74, 6) is 0.0512. The molecule has 0 aromatic carbocycles. The Balaban J connectivity index is 2.54. The number of fused-ring (bicyclic) bond motifs is 1. The second-order valence-corrected chi connectivity index (χ2v) is 3.11. The summed E-state index contributed by atoms with van der Waals surface area (Å²) in [5, 5.41) is 0. The number of hydrogen-bond acceptors (Lipinski definition) is 5. The van der Waals surface area contributed by atoms with Gasteiger partial charge in [0.05, 0.1) is 30.8 Å². The minimum atomic E-state index is -0.431. The van der Waals surface area contributed by atoms with Gasteiger partial charge in [-0.2, -0.15) is 0 Å². The number of esters is 1. The fourth-order valence-electron chi connectivity index (χ4n) is 1.33. The molecule has 0 fully saturated rings. The van der Waals surface area contributed by atoms with Gasteiger partial charge in [0.25, 0.3) is 0 Å². The molecule has 2 aromatic rings. The SMILES string of the molecule is COC(=O)c1cnc2ccc(OC)nc2c1. The zero-order valence-corrected chi connectivity index (χ0v) is 8.93. The molecule has 0 N–H and O–H groups in total. The first-order valence-electron chi connectivity index (χ1n) is 4.63. The maximum Gasteiger partial charge on any atom is 0.339 e. The Morgan fingerprint density at radius 3 is 2.75 bits per heavy atom. The van der Waals surface area contributed by atoms with Crippen LogP contribution in [0.1, 0.15) is 10.4 Å². The number of methoxy groups -OCH3 is 2. The molecule has 0 amide bonds. The van der Waals surface area contributed by atoms with Crippen molar-refractivity contribution in [3.63, 3.8) is 0 Å². The van der Waals surface area contributed by atoms with Crippen LogP contribution in [0.25, 0.3) is 11.0 Å². The normalized spacial score (nSPS) is 10.1.